The molecule has 0 aliphatic carbocycles. The molecule has 0 fully saturated rings. The molecule has 0 saturated carbocycles. The minimum Gasteiger partial charge on any atom is -0.466 e. The summed E-state index contributed by atoms with van der Waals surface area (Å²) < 4.78 is 11.7. The van der Waals surface area contributed by atoms with Gasteiger partial charge in [-0.15, -0.1) is 11.8 Å². The summed E-state index contributed by atoms with van der Waals surface area (Å²) in [5, 5.41) is 0. The van der Waals surface area contributed by atoms with Crippen molar-refractivity contribution in [2.45, 2.75) is 17.5 Å². The highest BCUT2D eigenvalue weighted by molar-refractivity contribution is 8.00. The lowest BCUT2D eigenvalue weighted by molar-refractivity contribution is -0.138. The Morgan fingerprint density at radius 1 is 1.08 bits per heavy atom. The summed E-state index contributed by atoms with van der Waals surface area (Å²) in [6.07, 6.45) is 1.95. The zero-order chi connectivity index (χ0) is 16.8. The van der Waals surface area contributed by atoms with E-state index in [1.165, 1.54) is 7.11 Å². The Kier molecular flexibility index (Phi) is 3.55. The number of esters is 1. The first-order valence-corrected chi connectivity index (χ1v) is 8.98. The molecule has 0 amide bonds. The maximum absolute atomic E-state index is 12.6. The van der Waals surface area contributed by atoms with E-state index in [0.29, 0.717) is 5.57 Å². The highest BCUT2D eigenvalue weighted by Gasteiger charge is 2.62. The molecule has 2 atom stereocenters. The standard InChI is InChI=1S/C20H18O3S/c1-3-24-19-13-17(18(21)22-2)20(23-19,14-9-5-4-6-10-14)16-12-8-7-11-15(16)19/h4-13H,3H2,1-2H3/t19-,20+/m1/s1. The lowest BCUT2D eigenvalue weighted by atomic mass is 9.76. The summed E-state index contributed by atoms with van der Waals surface area (Å²) in [6, 6.07) is 18.1. The second-order valence-electron chi connectivity index (χ2n) is 5.84. The summed E-state index contributed by atoms with van der Waals surface area (Å²) in [7, 11) is 1.42. The van der Waals surface area contributed by atoms with Crippen LogP contribution in [0.4, 0.5) is 0 Å². The fraction of sp³-hybridized carbons (Fsp3) is 0.250. The number of benzene rings is 2. The van der Waals surface area contributed by atoms with Gasteiger partial charge in [-0.05, 0) is 17.4 Å². The van der Waals surface area contributed by atoms with E-state index >= 15 is 0 Å². The Bertz CT molecular complexity index is 830. The van der Waals surface area contributed by atoms with Gasteiger partial charge in [-0.25, -0.2) is 4.79 Å². The SMILES string of the molecule is CCS[C@@]12C=C(C(=O)OC)[C@@](c3ccccc3)(O1)c1ccccc12. The van der Waals surface area contributed by atoms with Crippen molar-refractivity contribution in [1.82, 2.24) is 0 Å². The number of hydrogen-bond donors (Lipinski definition) is 0. The summed E-state index contributed by atoms with van der Waals surface area (Å²) in [5.74, 6) is 0.538. The molecule has 2 aromatic rings. The average Bonchev–Trinajstić information content (AvgIpc) is 3.13. The van der Waals surface area contributed by atoms with Crippen molar-refractivity contribution in [2.24, 2.45) is 0 Å². The maximum Gasteiger partial charge on any atom is 0.337 e. The summed E-state index contributed by atoms with van der Waals surface area (Å²) >= 11 is 1.69. The molecular formula is C20H18O3S. The highest BCUT2D eigenvalue weighted by Crippen LogP contribution is 2.64. The summed E-state index contributed by atoms with van der Waals surface area (Å²) in [6.45, 7) is 2.10. The molecule has 2 aliphatic heterocycles. The van der Waals surface area contributed by atoms with Gasteiger partial charge in [-0.3, -0.25) is 0 Å². The Morgan fingerprint density at radius 3 is 2.42 bits per heavy atom. The van der Waals surface area contributed by atoms with E-state index in [0.717, 1.165) is 22.4 Å². The monoisotopic (exact) mass is 338 g/mol. The molecular weight excluding hydrogens is 320 g/mol. The van der Waals surface area contributed by atoms with Crippen molar-refractivity contribution < 1.29 is 14.3 Å². The Balaban J connectivity index is 2.03. The van der Waals surface area contributed by atoms with Crippen LogP contribution in [0, 0.1) is 0 Å². The smallest absolute Gasteiger partial charge is 0.337 e. The Labute approximate surface area is 145 Å². The van der Waals surface area contributed by atoms with Gasteiger partial charge < -0.3 is 9.47 Å². The molecule has 0 unspecified atom stereocenters. The fourth-order valence-corrected chi connectivity index (χ4v) is 4.90. The largest absolute Gasteiger partial charge is 0.466 e. The van der Waals surface area contributed by atoms with Gasteiger partial charge in [0.05, 0.1) is 12.7 Å². The van der Waals surface area contributed by atoms with Crippen LogP contribution in [-0.4, -0.2) is 18.8 Å². The second kappa shape index (κ2) is 5.50. The number of rotatable bonds is 4. The molecule has 0 spiro atoms. The molecule has 122 valence electrons. The third-order valence-electron chi connectivity index (χ3n) is 4.64. The molecule has 2 aromatic carbocycles. The van der Waals surface area contributed by atoms with E-state index in [4.69, 9.17) is 9.47 Å². The molecule has 2 aliphatic rings. The van der Waals surface area contributed by atoms with Crippen molar-refractivity contribution in [1.29, 1.82) is 0 Å². The number of carbonyl (C=O) groups excluding carboxylic acids is 1. The van der Waals surface area contributed by atoms with Crippen LogP contribution in [0.2, 0.25) is 0 Å². The van der Waals surface area contributed by atoms with E-state index in [9.17, 15) is 4.79 Å². The number of methoxy groups -OCH3 is 1. The molecule has 0 radical (unpaired) electrons. The number of ether oxygens (including phenoxy) is 2. The van der Waals surface area contributed by atoms with Gasteiger partial charge in [0.2, 0.25) is 0 Å². The van der Waals surface area contributed by atoms with E-state index < -0.39 is 10.5 Å². The van der Waals surface area contributed by atoms with E-state index in [1.54, 1.807) is 11.8 Å². The van der Waals surface area contributed by atoms with Crippen molar-refractivity contribution in [3.8, 4) is 0 Å². The van der Waals surface area contributed by atoms with Crippen molar-refractivity contribution in [3.63, 3.8) is 0 Å². The quantitative estimate of drug-likeness (QED) is 0.790. The van der Waals surface area contributed by atoms with Gasteiger partial charge in [0.1, 0.15) is 0 Å². The van der Waals surface area contributed by atoms with E-state index in [-0.39, 0.29) is 5.97 Å². The minimum absolute atomic E-state index is 0.341. The Morgan fingerprint density at radius 2 is 1.75 bits per heavy atom. The zero-order valence-corrected chi connectivity index (χ0v) is 14.4. The number of hydrogen-bond acceptors (Lipinski definition) is 4. The first-order valence-electron chi connectivity index (χ1n) is 7.99. The van der Waals surface area contributed by atoms with Gasteiger partial charge in [0, 0.05) is 11.1 Å². The Hall–Kier alpha value is -2.04. The highest BCUT2D eigenvalue weighted by atomic mass is 32.2. The molecule has 0 aromatic heterocycles. The van der Waals surface area contributed by atoms with Gasteiger partial charge in [-0.2, -0.15) is 0 Å². The maximum atomic E-state index is 12.6. The number of fused-ring (bicyclic) bond motifs is 5. The minimum atomic E-state index is -0.896. The zero-order valence-electron chi connectivity index (χ0n) is 13.6. The van der Waals surface area contributed by atoms with Gasteiger partial charge in [-0.1, -0.05) is 61.5 Å². The van der Waals surface area contributed by atoms with E-state index in [2.05, 4.69) is 19.1 Å². The second-order valence-corrected chi connectivity index (χ2v) is 7.32. The van der Waals surface area contributed by atoms with E-state index in [1.807, 2.05) is 48.5 Å². The van der Waals surface area contributed by atoms with Crippen LogP contribution in [0.15, 0.2) is 66.2 Å². The number of carbonyl (C=O) groups is 1. The molecule has 2 heterocycles. The van der Waals surface area contributed by atoms with Crippen LogP contribution in [0.5, 0.6) is 0 Å². The molecule has 4 heteroatoms. The molecule has 2 bridgehead atoms. The molecule has 4 rings (SSSR count). The third kappa shape index (κ3) is 1.87. The molecule has 3 nitrogen and oxygen atoms in total. The summed E-state index contributed by atoms with van der Waals surface area (Å²) in [4.78, 5) is 11.9. The number of thioether (sulfide) groups is 1. The van der Waals surface area contributed by atoms with Gasteiger partial charge in [0.25, 0.3) is 0 Å². The fourth-order valence-electron chi connectivity index (χ4n) is 3.75. The predicted octanol–water partition coefficient (Wildman–Crippen LogP) is 3.98. The normalized spacial score (nSPS) is 26.8. The van der Waals surface area contributed by atoms with Crippen LogP contribution in [0.25, 0.3) is 0 Å². The molecule has 24 heavy (non-hydrogen) atoms. The lowest BCUT2D eigenvalue weighted by Gasteiger charge is -2.29. The third-order valence-corrected chi connectivity index (χ3v) is 5.78. The van der Waals surface area contributed by atoms with Crippen molar-refractivity contribution in [3.05, 3.63) is 82.9 Å². The topological polar surface area (TPSA) is 35.5 Å². The van der Waals surface area contributed by atoms with Crippen LogP contribution < -0.4 is 0 Å². The van der Waals surface area contributed by atoms with Crippen LogP contribution in [0.1, 0.15) is 23.6 Å². The first kappa shape index (κ1) is 15.5. The summed E-state index contributed by atoms with van der Waals surface area (Å²) in [5.41, 5.74) is 2.77. The van der Waals surface area contributed by atoms with Crippen LogP contribution in [0.3, 0.4) is 0 Å². The first-order chi connectivity index (χ1) is 11.7. The van der Waals surface area contributed by atoms with Crippen LogP contribution >= 0.6 is 11.8 Å². The van der Waals surface area contributed by atoms with Crippen molar-refractivity contribution in [2.75, 3.05) is 12.9 Å². The van der Waals surface area contributed by atoms with Crippen molar-refractivity contribution >= 4 is 17.7 Å². The van der Waals surface area contributed by atoms with Crippen LogP contribution in [-0.2, 0) is 24.8 Å². The molecule has 0 saturated heterocycles. The van der Waals surface area contributed by atoms with Gasteiger partial charge >= 0.3 is 5.97 Å². The van der Waals surface area contributed by atoms with Gasteiger partial charge in [0.15, 0.2) is 10.5 Å². The average molecular weight is 338 g/mol. The predicted molar refractivity (Wildman–Crippen MR) is 94.7 cm³/mol. The lowest BCUT2D eigenvalue weighted by Crippen LogP contribution is -2.32. The molecule has 0 N–H and O–H groups in total.